The summed E-state index contributed by atoms with van der Waals surface area (Å²) >= 11 is 3.32. The zero-order valence-corrected chi connectivity index (χ0v) is 16.5. The third-order valence-electron chi connectivity index (χ3n) is 3.64. The molecule has 0 atom stereocenters. The molecule has 0 aliphatic heterocycles. The number of hydrogen-bond acceptors (Lipinski definition) is 6. The number of halogens is 1. The third-order valence-corrected chi connectivity index (χ3v) is 5.57. The van der Waals surface area contributed by atoms with Gasteiger partial charge < -0.3 is 4.74 Å². The van der Waals surface area contributed by atoms with E-state index in [0.717, 1.165) is 4.47 Å². The molecule has 0 unspecified atom stereocenters. The van der Waals surface area contributed by atoms with Gasteiger partial charge in [0.2, 0.25) is 0 Å². The third kappa shape index (κ3) is 3.70. The lowest BCUT2D eigenvalue weighted by molar-refractivity contribution is 0.403. The van der Waals surface area contributed by atoms with Gasteiger partial charge in [-0.3, -0.25) is 4.72 Å². The first-order valence-corrected chi connectivity index (χ1v) is 9.95. The number of aromatic nitrogens is 4. The van der Waals surface area contributed by atoms with Gasteiger partial charge in [-0.05, 0) is 59.8 Å². The predicted molar refractivity (Wildman–Crippen MR) is 100 cm³/mol. The number of tetrazole rings is 1. The van der Waals surface area contributed by atoms with Crippen LogP contribution >= 0.6 is 15.9 Å². The van der Waals surface area contributed by atoms with E-state index in [-0.39, 0.29) is 10.6 Å². The molecule has 10 heteroatoms. The smallest absolute Gasteiger partial charge is 0.265 e. The number of methoxy groups -OCH3 is 1. The van der Waals surface area contributed by atoms with Crippen LogP contribution < -0.4 is 9.46 Å². The lowest BCUT2D eigenvalue weighted by Crippen LogP contribution is -2.14. The highest BCUT2D eigenvalue weighted by atomic mass is 79.9. The van der Waals surface area contributed by atoms with Crippen molar-refractivity contribution in [3.63, 3.8) is 0 Å². The van der Waals surface area contributed by atoms with Gasteiger partial charge in [0.15, 0.2) is 5.82 Å². The van der Waals surface area contributed by atoms with Crippen LogP contribution in [0.5, 0.6) is 5.75 Å². The molecule has 0 aliphatic carbocycles. The maximum atomic E-state index is 12.9. The van der Waals surface area contributed by atoms with Crippen LogP contribution in [0.25, 0.3) is 11.4 Å². The summed E-state index contributed by atoms with van der Waals surface area (Å²) in [4.78, 5) is 0.00562. The molecular weight excluding hydrogens is 422 g/mol. The van der Waals surface area contributed by atoms with E-state index in [4.69, 9.17) is 4.74 Å². The minimum atomic E-state index is -3.87. The van der Waals surface area contributed by atoms with Crippen molar-refractivity contribution in [1.29, 1.82) is 0 Å². The Hall–Kier alpha value is -2.46. The highest BCUT2D eigenvalue weighted by Crippen LogP contribution is 2.30. The Morgan fingerprint density at radius 2 is 1.92 bits per heavy atom. The Kier molecular flexibility index (Phi) is 5.23. The molecule has 2 aromatic carbocycles. The van der Waals surface area contributed by atoms with E-state index < -0.39 is 10.0 Å². The molecule has 1 N–H and O–H groups in total. The summed E-state index contributed by atoms with van der Waals surface area (Å²) in [5.41, 5.74) is 1.02. The number of aryl methyl sites for hydroxylation is 1. The standard InChI is InChI=1S/C16H16BrN5O3S/c1-3-22-16(18-20-21-22)11-4-9-14(25-2)15(10-11)26(23,24)19-13-7-5-12(17)6-8-13/h4-10,19H,3H2,1-2H3. The van der Waals surface area contributed by atoms with E-state index in [1.54, 1.807) is 41.1 Å². The summed E-state index contributed by atoms with van der Waals surface area (Å²) in [5.74, 6) is 0.712. The molecule has 3 aromatic rings. The zero-order valence-electron chi connectivity index (χ0n) is 14.0. The minimum Gasteiger partial charge on any atom is -0.495 e. The minimum absolute atomic E-state index is 0.00562. The number of anilines is 1. The lowest BCUT2D eigenvalue weighted by Gasteiger charge is -2.13. The molecule has 0 spiro atoms. The van der Waals surface area contributed by atoms with Crippen molar-refractivity contribution in [2.75, 3.05) is 11.8 Å². The molecule has 0 bridgehead atoms. The maximum Gasteiger partial charge on any atom is 0.265 e. The number of sulfonamides is 1. The second kappa shape index (κ2) is 7.42. The van der Waals surface area contributed by atoms with E-state index in [2.05, 4.69) is 36.2 Å². The lowest BCUT2D eigenvalue weighted by atomic mass is 10.2. The van der Waals surface area contributed by atoms with Crippen molar-refractivity contribution in [2.45, 2.75) is 18.4 Å². The average Bonchev–Trinajstić information content (AvgIpc) is 3.11. The molecule has 1 aromatic heterocycles. The van der Waals surface area contributed by atoms with Crippen molar-refractivity contribution in [3.05, 3.63) is 46.9 Å². The predicted octanol–water partition coefficient (Wildman–Crippen LogP) is 2.93. The molecule has 1 heterocycles. The largest absolute Gasteiger partial charge is 0.495 e. The summed E-state index contributed by atoms with van der Waals surface area (Å²) < 4.78 is 36.0. The van der Waals surface area contributed by atoms with Crippen molar-refractivity contribution in [2.24, 2.45) is 0 Å². The van der Waals surface area contributed by atoms with E-state index in [1.165, 1.54) is 13.2 Å². The Labute approximate surface area is 159 Å². The van der Waals surface area contributed by atoms with Crippen LogP contribution in [0.15, 0.2) is 51.8 Å². The quantitative estimate of drug-likeness (QED) is 0.636. The van der Waals surface area contributed by atoms with Crippen molar-refractivity contribution >= 4 is 31.6 Å². The molecule has 8 nitrogen and oxygen atoms in total. The van der Waals surface area contributed by atoms with Gasteiger partial charge in [0, 0.05) is 22.3 Å². The van der Waals surface area contributed by atoms with Crippen molar-refractivity contribution in [1.82, 2.24) is 20.2 Å². The van der Waals surface area contributed by atoms with Crippen LogP contribution in [0, 0.1) is 0 Å². The average molecular weight is 438 g/mol. The molecule has 26 heavy (non-hydrogen) atoms. The number of nitrogens with zero attached hydrogens (tertiary/aromatic N) is 4. The van der Waals surface area contributed by atoms with Crippen LogP contribution in [-0.4, -0.2) is 35.7 Å². The first-order chi connectivity index (χ1) is 12.4. The number of hydrogen-bond donors (Lipinski definition) is 1. The molecule has 136 valence electrons. The fraction of sp³-hybridized carbons (Fsp3) is 0.188. The Morgan fingerprint density at radius 1 is 1.19 bits per heavy atom. The van der Waals surface area contributed by atoms with Crippen LogP contribution in [-0.2, 0) is 16.6 Å². The molecule has 3 rings (SSSR count). The van der Waals surface area contributed by atoms with E-state index >= 15 is 0 Å². The van der Waals surface area contributed by atoms with Gasteiger partial charge in [-0.2, -0.15) is 0 Å². The fourth-order valence-corrected chi connectivity index (χ4v) is 3.90. The Bertz CT molecular complexity index is 1020. The molecule has 0 saturated heterocycles. The topological polar surface area (TPSA) is 99.0 Å². The second-order valence-corrected chi connectivity index (χ2v) is 7.86. The Balaban J connectivity index is 2.04. The highest BCUT2D eigenvalue weighted by Gasteiger charge is 2.22. The number of benzene rings is 2. The molecule has 0 saturated carbocycles. The molecule has 0 amide bonds. The molecule has 0 fully saturated rings. The van der Waals surface area contributed by atoms with Crippen LogP contribution in [0.1, 0.15) is 6.92 Å². The first-order valence-electron chi connectivity index (χ1n) is 7.67. The highest BCUT2D eigenvalue weighted by molar-refractivity contribution is 9.10. The van der Waals surface area contributed by atoms with Gasteiger partial charge in [0.05, 0.1) is 7.11 Å². The van der Waals surface area contributed by atoms with Crippen molar-refractivity contribution in [3.8, 4) is 17.1 Å². The van der Waals surface area contributed by atoms with Gasteiger partial charge >= 0.3 is 0 Å². The van der Waals surface area contributed by atoms with E-state index in [1.807, 2.05) is 6.92 Å². The number of nitrogens with one attached hydrogen (secondary N) is 1. The monoisotopic (exact) mass is 437 g/mol. The molecule has 0 aliphatic rings. The van der Waals surface area contributed by atoms with E-state index in [9.17, 15) is 8.42 Å². The summed E-state index contributed by atoms with van der Waals surface area (Å²) in [7, 11) is -2.45. The molecular formula is C16H16BrN5O3S. The Morgan fingerprint density at radius 3 is 2.58 bits per heavy atom. The van der Waals surface area contributed by atoms with Gasteiger partial charge in [-0.25, -0.2) is 13.1 Å². The number of rotatable bonds is 6. The van der Waals surface area contributed by atoms with Crippen LogP contribution in [0.2, 0.25) is 0 Å². The SMILES string of the molecule is CCn1nnnc1-c1ccc(OC)c(S(=O)(=O)Nc2ccc(Br)cc2)c1. The summed E-state index contributed by atoms with van der Waals surface area (Å²) in [6.45, 7) is 2.46. The van der Waals surface area contributed by atoms with Gasteiger partial charge in [-0.1, -0.05) is 15.9 Å². The normalized spacial score (nSPS) is 11.3. The molecule has 0 radical (unpaired) electrons. The second-order valence-electron chi connectivity index (χ2n) is 5.30. The summed E-state index contributed by atoms with van der Waals surface area (Å²) in [5, 5.41) is 11.5. The zero-order chi connectivity index (χ0) is 18.7. The summed E-state index contributed by atoms with van der Waals surface area (Å²) in [6, 6.07) is 11.6. The van der Waals surface area contributed by atoms with Crippen molar-refractivity contribution < 1.29 is 13.2 Å². The van der Waals surface area contributed by atoms with Gasteiger partial charge in [-0.15, -0.1) is 5.10 Å². The van der Waals surface area contributed by atoms with Gasteiger partial charge in [0.25, 0.3) is 10.0 Å². The maximum absolute atomic E-state index is 12.9. The van der Waals surface area contributed by atoms with Crippen LogP contribution in [0.3, 0.4) is 0 Å². The summed E-state index contributed by atoms with van der Waals surface area (Å²) in [6.07, 6.45) is 0. The first kappa shape index (κ1) is 18.3. The van der Waals surface area contributed by atoms with E-state index in [0.29, 0.717) is 23.6 Å². The van der Waals surface area contributed by atoms with Crippen LogP contribution in [0.4, 0.5) is 5.69 Å². The van der Waals surface area contributed by atoms with Gasteiger partial charge in [0.1, 0.15) is 10.6 Å². The fourth-order valence-electron chi connectivity index (χ4n) is 2.38. The number of ether oxygens (including phenoxy) is 1.